The SMILES string of the molecule is O=[N+]([O-])c1ccc2cnn(CC(Br)C(F)(F)F)c2c1. The minimum absolute atomic E-state index is 0.188. The van der Waals surface area contributed by atoms with Gasteiger partial charge in [-0.3, -0.25) is 14.8 Å². The number of alkyl halides is 4. The maximum atomic E-state index is 12.5. The summed E-state index contributed by atoms with van der Waals surface area (Å²) in [6.07, 6.45) is -3.03. The molecule has 0 aliphatic carbocycles. The number of rotatable bonds is 3. The van der Waals surface area contributed by atoms with Crippen LogP contribution in [0.4, 0.5) is 18.9 Å². The summed E-state index contributed by atoms with van der Waals surface area (Å²) in [6.45, 7) is -0.450. The number of fused-ring (bicyclic) bond motifs is 1. The van der Waals surface area contributed by atoms with E-state index in [1.54, 1.807) is 0 Å². The molecule has 1 heterocycles. The predicted octanol–water partition coefficient (Wildman–Crippen LogP) is 3.27. The molecule has 0 amide bonds. The number of non-ortho nitro benzene ring substituents is 1. The standard InChI is InChI=1S/C10H7BrF3N3O2/c11-9(10(12,13)14)5-16-8-3-7(17(18)19)2-1-6(8)4-15-16/h1-4,9H,5H2. The summed E-state index contributed by atoms with van der Waals surface area (Å²) in [5.74, 6) is 0. The van der Waals surface area contributed by atoms with Crippen LogP contribution in [-0.2, 0) is 6.54 Å². The molecule has 0 aliphatic rings. The second kappa shape index (κ2) is 4.80. The van der Waals surface area contributed by atoms with Crippen molar-refractivity contribution in [3.05, 3.63) is 34.5 Å². The number of nitrogens with zero attached hydrogens (tertiary/aromatic N) is 3. The largest absolute Gasteiger partial charge is 0.403 e. The van der Waals surface area contributed by atoms with Crippen LogP contribution in [0.5, 0.6) is 0 Å². The van der Waals surface area contributed by atoms with Crippen molar-refractivity contribution < 1.29 is 18.1 Å². The summed E-state index contributed by atoms with van der Waals surface area (Å²) in [6, 6.07) is 3.94. The Morgan fingerprint density at radius 1 is 1.47 bits per heavy atom. The number of aromatic nitrogens is 2. The highest BCUT2D eigenvalue weighted by Crippen LogP contribution is 2.29. The van der Waals surface area contributed by atoms with Crippen molar-refractivity contribution in [2.75, 3.05) is 0 Å². The molecule has 1 atom stereocenters. The smallest absolute Gasteiger partial charge is 0.263 e. The van der Waals surface area contributed by atoms with Gasteiger partial charge in [-0.15, -0.1) is 0 Å². The summed E-state index contributed by atoms with van der Waals surface area (Å²) >= 11 is 2.53. The maximum absolute atomic E-state index is 12.5. The Hall–Kier alpha value is -1.64. The fourth-order valence-electron chi connectivity index (χ4n) is 1.57. The maximum Gasteiger partial charge on any atom is 0.403 e. The van der Waals surface area contributed by atoms with Crippen LogP contribution in [-0.4, -0.2) is 25.7 Å². The fourth-order valence-corrected chi connectivity index (χ4v) is 1.85. The van der Waals surface area contributed by atoms with E-state index in [2.05, 4.69) is 21.0 Å². The summed E-state index contributed by atoms with van der Waals surface area (Å²) in [7, 11) is 0. The average Bonchev–Trinajstić information content (AvgIpc) is 2.70. The second-order valence-corrected chi connectivity index (χ2v) is 4.94. The molecule has 0 aliphatic heterocycles. The molecule has 0 spiro atoms. The molecule has 5 nitrogen and oxygen atoms in total. The summed E-state index contributed by atoms with van der Waals surface area (Å²) in [5.41, 5.74) is 0.107. The van der Waals surface area contributed by atoms with Gasteiger partial charge in [0.2, 0.25) is 0 Å². The van der Waals surface area contributed by atoms with Gasteiger partial charge < -0.3 is 0 Å². The van der Waals surface area contributed by atoms with E-state index in [-0.39, 0.29) is 5.69 Å². The van der Waals surface area contributed by atoms with Crippen LogP contribution in [0.25, 0.3) is 10.9 Å². The summed E-state index contributed by atoms with van der Waals surface area (Å²) in [5, 5.41) is 15.0. The van der Waals surface area contributed by atoms with Crippen molar-refractivity contribution in [2.45, 2.75) is 17.5 Å². The van der Waals surface area contributed by atoms with Crippen molar-refractivity contribution in [2.24, 2.45) is 0 Å². The Morgan fingerprint density at radius 2 is 2.16 bits per heavy atom. The zero-order chi connectivity index (χ0) is 14.2. The van der Waals surface area contributed by atoms with E-state index in [0.29, 0.717) is 10.9 Å². The lowest BCUT2D eigenvalue weighted by atomic mass is 10.2. The lowest BCUT2D eigenvalue weighted by molar-refractivity contribution is -0.384. The van der Waals surface area contributed by atoms with Crippen molar-refractivity contribution in [1.82, 2.24) is 9.78 Å². The zero-order valence-electron chi connectivity index (χ0n) is 9.26. The number of benzene rings is 1. The molecule has 2 rings (SSSR count). The fraction of sp³-hybridized carbons (Fsp3) is 0.300. The van der Waals surface area contributed by atoms with Crippen molar-refractivity contribution in [1.29, 1.82) is 0 Å². The molecule has 19 heavy (non-hydrogen) atoms. The molecule has 1 aromatic carbocycles. The Bertz CT molecular complexity index is 626. The van der Waals surface area contributed by atoms with Gasteiger partial charge in [0.15, 0.2) is 0 Å². The number of halogens is 4. The summed E-state index contributed by atoms with van der Waals surface area (Å²) in [4.78, 5) is 8.28. The van der Waals surface area contributed by atoms with Gasteiger partial charge in [0.1, 0.15) is 4.83 Å². The first-order chi connectivity index (χ1) is 8.79. The Kier molecular flexibility index (Phi) is 3.48. The molecular weight excluding hydrogens is 331 g/mol. The minimum atomic E-state index is -4.40. The number of hydrogen-bond donors (Lipinski definition) is 0. The van der Waals surface area contributed by atoms with E-state index in [1.165, 1.54) is 24.4 Å². The van der Waals surface area contributed by atoms with Crippen LogP contribution in [0, 0.1) is 10.1 Å². The van der Waals surface area contributed by atoms with Gasteiger partial charge in [0.05, 0.1) is 23.2 Å². The highest BCUT2D eigenvalue weighted by Gasteiger charge is 2.38. The van der Waals surface area contributed by atoms with Crippen LogP contribution in [0.3, 0.4) is 0 Å². The van der Waals surface area contributed by atoms with Gasteiger partial charge in [0, 0.05) is 17.5 Å². The summed E-state index contributed by atoms with van der Waals surface area (Å²) < 4.78 is 38.4. The van der Waals surface area contributed by atoms with Gasteiger partial charge in [-0.1, -0.05) is 15.9 Å². The Labute approximate surface area is 113 Å². The first-order valence-corrected chi connectivity index (χ1v) is 6.01. The van der Waals surface area contributed by atoms with Gasteiger partial charge in [-0.25, -0.2) is 0 Å². The molecule has 0 saturated carbocycles. The van der Waals surface area contributed by atoms with Crippen molar-refractivity contribution in [3.8, 4) is 0 Å². The molecule has 0 N–H and O–H groups in total. The lowest BCUT2D eigenvalue weighted by Gasteiger charge is -2.14. The third-order valence-electron chi connectivity index (χ3n) is 2.53. The molecule has 0 bridgehead atoms. The first kappa shape index (κ1) is 13.8. The van der Waals surface area contributed by atoms with Crippen LogP contribution in [0.2, 0.25) is 0 Å². The first-order valence-electron chi connectivity index (χ1n) is 5.10. The predicted molar refractivity (Wildman–Crippen MR) is 65.2 cm³/mol. The molecule has 2 aromatic rings. The number of hydrogen-bond acceptors (Lipinski definition) is 3. The molecule has 1 unspecified atom stereocenters. The van der Waals surface area contributed by atoms with Crippen molar-refractivity contribution in [3.63, 3.8) is 0 Å². The van der Waals surface area contributed by atoms with E-state index >= 15 is 0 Å². The zero-order valence-corrected chi connectivity index (χ0v) is 10.8. The second-order valence-electron chi connectivity index (χ2n) is 3.84. The monoisotopic (exact) mass is 337 g/mol. The topological polar surface area (TPSA) is 61.0 Å². The van der Waals surface area contributed by atoms with Gasteiger partial charge in [-0.05, 0) is 6.07 Å². The highest BCUT2D eigenvalue weighted by atomic mass is 79.9. The molecule has 9 heteroatoms. The highest BCUT2D eigenvalue weighted by molar-refractivity contribution is 9.09. The molecular formula is C10H7BrF3N3O2. The quantitative estimate of drug-likeness (QED) is 0.490. The van der Waals surface area contributed by atoms with Gasteiger partial charge in [0.25, 0.3) is 5.69 Å². The molecule has 102 valence electrons. The molecule has 1 aromatic heterocycles. The molecule has 0 radical (unpaired) electrons. The third kappa shape index (κ3) is 2.86. The van der Waals surface area contributed by atoms with E-state index in [1.807, 2.05) is 0 Å². The van der Waals surface area contributed by atoms with Crippen LogP contribution < -0.4 is 0 Å². The van der Waals surface area contributed by atoms with Gasteiger partial charge in [-0.2, -0.15) is 18.3 Å². The average molecular weight is 338 g/mol. The normalized spacial score (nSPS) is 13.7. The van der Waals surface area contributed by atoms with Crippen molar-refractivity contribution >= 4 is 32.5 Å². The number of nitro benzene ring substituents is 1. The molecule has 0 fully saturated rings. The Balaban J connectivity index is 2.39. The van der Waals surface area contributed by atoms with Crippen LogP contribution in [0.15, 0.2) is 24.4 Å². The minimum Gasteiger partial charge on any atom is -0.263 e. The number of nitro groups is 1. The van der Waals surface area contributed by atoms with Crippen LogP contribution >= 0.6 is 15.9 Å². The Morgan fingerprint density at radius 3 is 2.74 bits per heavy atom. The van der Waals surface area contributed by atoms with E-state index in [4.69, 9.17) is 0 Å². The van der Waals surface area contributed by atoms with E-state index in [9.17, 15) is 23.3 Å². The van der Waals surface area contributed by atoms with Crippen LogP contribution in [0.1, 0.15) is 0 Å². The molecule has 0 saturated heterocycles. The lowest BCUT2D eigenvalue weighted by Crippen LogP contribution is -2.27. The van der Waals surface area contributed by atoms with Gasteiger partial charge >= 0.3 is 6.18 Å². The van der Waals surface area contributed by atoms with E-state index < -0.39 is 22.5 Å². The van der Waals surface area contributed by atoms with E-state index in [0.717, 1.165) is 4.68 Å². The third-order valence-corrected chi connectivity index (χ3v) is 3.34.